The van der Waals surface area contributed by atoms with Crippen LogP contribution < -0.4 is 18.9 Å². The Bertz CT molecular complexity index is 2910. The van der Waals surface area contributed by atoms with Crippen LogP contribution in [0.4, 0.5) is 0 Å². The Kier molecular flexibility index (Phi) is 9.83. The molecule has 10 nitrogen and oxygen atoms in total. The molecule has 2 aliphatic heterocycles. The summed E-state index contributed by atoms with van der Waals surface area (Å²) in [5.41, 5.74) is 13.6. The van der Waals surface area contributed by atoms with Gasteiger partial charge in [0.05, 0.1) is 63.7 Å². The van der Waals surface area contributed by atoms with Gasteiger partial charge in [0.15, 0.2) is 0 Å². The zero-order valence-electron chi connectivity index (χ0n) is 35.0. The maximum Gasteiger partial charge on any atom is 0.310 e. The summed E-state index contributed by atoms with van der Waals surface area (Å²) in [5, 5.41) is 0. The number of esters is 1. The number of rotatable bonds is 10. The van der Waals surface area contributed by atoms with E-state index in [0.29, 0.717) is 11.5 Å². The van der Waals surface area contributed by atoms with Crippen LogP contribution in [0.1, 0.15) is 41.5 Å². The first-order chi connectivity index (χ1) is 30.4. The van der Waals surface area contributed by atoms with Gasteiger partial charge in [-0.15, -0.1) is 0 Å². The van der Waals surface area contributed by atoms with E-state index in [1.807, 2.05) is 79.7 Å². The number of fused-ring (bicyclic) bond motifs is 11. The number of ether oxygens (including phenoxy) is 5. The van der Waals surface area contributed by atoms with E-state index in [4.69, 9.17) is 33.7 Å². The molecule has 1 saturated carbocycles. The first-order valence-corrected chi connectivity index (χ1v) is 20.6. The average molecular weight is 821 g/mol. The van der Waals surface area contributed by atoms with E-state index in [-0.39, 0.29) is 24.4 Å². The Balaban J connectivity index is 1.41. The fourth-order valence-electron chi connectivity index (χ4n) is 9.14. The zero-order valence-corrected chi connectivity index (χ0v) is 35.0. The Morgan fingerprint density at radius 3 is 1.21 bits per heavy atom. The number of methoxy groups -OCH3 is 4. The van der Waals surface area contributed by atoms with Crippen molar-refractivity contribution in [2.24, 2.45) is 5.92 Å². The minimum Gasteiger partial charge on any atom is -0.497 e. The van der Waals surface area contributed by atoms with Crippen molar-refractivity contribution >= 4 is 40.2 Å². The summed E-state index contributed by atoms with van der Waals surface area (Å²) >= 11 is 0. The molecular formula is C52H44N4O6. The van der Waals surface area contributed by atoms with Crippen LogP contribution in [0.2, 0.25) is 0 Å². The number of aromatic nitrogens is 4. The van der Waals surface area contributed by atoms with Gasteiger partial charge in [0.1, 0.15) is 23.0 Å². The third kappa shape index (κ3) is 6.64. The number of nitrogens with zero attached hydrogens (tertiary/aromatic N) is 2. The molecule has 8 bridgehead atoms. The van der Waals surface area contributed by atoms with Gasteiger partial charge in [-0.2, -0.15) is 0 Å². The number of carbonyl (C=O) groups excluding carboxylic acids is 1. The number of nitrogens with one attached hydrogen (secondary N) is 2. The SMILES string of the molecule is CCOC(=O)C1[C@H]2c3nc(c(-c4cccc(OC)c4)c4ccc([nH]4)c(-c4cccc(OC)c4)c4nc(c(-c5cccc(OC)c5)c5ccc([nH]5)c3-c3cccc(OC)c3)C=C4)[C@@H]12. The van der Waals surface area contributed by atoms with Crippen molar-refractivity contribution in [3.05, 3.63) is 144 Å². The smallest absolute Gasteiger partial charge is 0.310 e. The second kappa shape index (κ2) is 15.8. The van der Waals surface area contributed by atoms with Crippen LogP contribution in [-0.4, -0.2) is 61.0 Å². The van der Waals surface area contributed by atoms with Crippen molar-refractivity contribution in [2.45, 2.75) is 18.8 Å². The third-order valence-electron chi connectivity index (χ3n) is 12.0. The molecule has 4 aromatic carbocycles. The van der Waals surface area contributed by atoms with Gasteiger partial charge < -0.3 is 33.7 Å². The highest BCUT2D eigenvalue weighted by atomic mass is 16.5. The second-order valence-electron chi connectivity index (χ2n) is 15.4. The Labute approximate surface area is 358 Å². The molecule has 62 heavy (non-hydrogen) atoms. The molecule has 1 fully saturated rings. The molecule has 1 unspecified atom stereocenters. The molecule has 3 atom stereocenters. The molecule has 10 rings (SSSR count). The Morgan fingerprint density at radius 1 is 0.500 bits per heavy atom. The van der Waals surface area contributed by atoms with Gasteiger partial charge >= 0.3 is 5.97 Å². The molecule has 0 radical (unpaired) electrons. The normalized spacial score (nSPS) is 16.0. The van der Waals surface area contributed by atoms with E-state index in [0.717, 1.165) is 101 Å². The van der Waals surface area contributed by atoms with Crippen molar-refractivity contribution in [1.82, 2.24) is 19.9 Å². The van der Waals surface area contributed by atoms with Crippen LogP contribution in [0.5, 0.6) is 23.0 Å². The molecule has 0 spiro atoms. The van der Waals surface area contributed by atoms with Crippen molar-refractivity contribution in [2.75, 3.05) is 35.0 Å². The van der Waals surface area contributed by atoms with Gasteiger partial charge in [-0.25, -0.2) is 4.98 Å². The minimum absolute atomic E-state index is 0.240. The standard InChI is InChI=1S/C52H44N4O6/c1-6-62-52(57)49-47-48(49)51-46(32-14-10-18-36(28-32)61-5)42-24-22-40(55-42)44(30-12-8-16-34(26-30)59-3)38-20-19-37(53-38)43(29-11-7-15-33(25-29)58-2)39-21-23-41(54-39)45(50(47)56-51)31-13-9-17-35(27-31)60-4/h7-28,47-49,54-55H,6H2,1-5H3/t47-,48+,49?. The van der Waals surface area contributed by atoms with Gasteiger partial charge in [0.2, 0.25) is 0 Å². The second-order valence-corrected chi connectivity index (χ2v) is 15.4. The number of hydrogen-bond donors (Lipinski definition) is 2. The number of hydrogen-bond acceptors (Lipinski definition) is 8. The average Bonchev–Trinajstić information content (AvgIpc) is 3.84. The van der Waals surface area contributed by atoms with E-state index in [9.17, 15) is 4.79 Å². The fraction of sp³-hybridized carbons (Fsp3) is 0.173. The summed E-state index contributed by atoms with van der Waals surface area (Å²) in [5.74, 6) is 1.68. The maximum atomic E-state index is 14.0. The minimum atomic E-state index is -0.441. The highest BCUT2D eigenvalue weighted by Gasteiger charge is 2.63. The summed E-state index contributed by atoms with van der Waals surface area (Å²) in [7, 11) is 6.66. The van der Waals surface area contributed by atoms with Crippen molar-refractivity contribution in [3.63, 3.8) is 0 Å². The van der Waals surface area contributed by atoms with Gasteiger partial charge in [0, 0.05) is 56.2 Å². The van der Waals surface area contributed by atoms with Crippen LogP contribution in [0.3, 0.4) is 0 Å². The molecule has 3 aromatic heterocycles. The largest absolute Gasteiger partial charge is 0.497 e. The highest BCUT2D eigenvalue weighted by Crippen LogP contribution is 2.66. The van der Waals surface area contributed by atoms with Crippen LogP contribution in [0.15, 0.2) is 121 Å². The third-order valence-corrected chi connectivity index (χ3v) is 12.0. The predicted octanol–water partition coefficient (Wildman–Crippen LogP) is 11.2. The lowest BCUT2D eigenvalue weighted by Gasteiger charge is -2.12. The molecule has 7 aromatic rings. The van der Waals surface area contributed by atoms with Gasteiger partial charge in [-0.1, -0.05) is 48.5 Å². The van der Waals surface area contributed by atoms with Crippen LogP contribution in [-0.2, 0) is 9.53 Å². The fourth-order valence-corrected chi connectivity index (χ4v) is 9.14. The molecule has 5 heterocycles. The first kappa shape index (κ1) is 38.6. The van der Waals surface area contributed by atoms with E-state index in [1.165, 1.54) is 0 Å². The lowest BCUT2D eigenvalue weighted by atomic mass is 10.0. The Hall–Kier alpha value is -7.59. The Morgan fingerprint density at radius 2 is 0.855 bits per heavy atom. The maximum absolute atomic E-state index is 14.0. The molecule has 0 saturated heterocycles. The first-order valence-electron chi connectivity index (χ1n) is 20.6. The summed E-state index contributed by atoms with van der Waals surface area (Å²) in [6, 6.07) is 40.3. The molecular weight excluding hydrogens is 777 g/mol. The van der Waals surface area contributed by atoms with E-state index in [1.54, 1.807) is 28.4 Å². The summed E-state index contributed by atoms with van der Waals surface area (Å²) in [6.45, 7) is 2.12. The quantitative estimate of drug-likeness (QED) is 0.131. The van der Waals surface area contributed by atoms with E-state index >= 15 is 0 Å². The molecule has 2 N–H and O–H groups in total. The summed E-state index contributed by atoms with van der Waals surface area (Å²) in [4.78, 5) is 32.7. The lowest BCUT2D eigenvalue weighted by Crippen LogP contribution is -2.10. The number of benzene rings is 4. The summed E-state index contributed by atoms with van der Waals surface area (Å²) in [6.07, 6.45) is 4.13. The molecule has 10 heteroatoms. The molecule has 3 aliphatic rings. The van der Waals surface area contributed by atoms with Crippen molar-refractivity contribution in [3.8, 4) is 67.5 Å². The van der Waals surface area contributed by atoms with Crippen molar-refractivity contribution < 1.29 is 28.5 Å². The number of H-pyrrole nitrogens is 2. The zero-order chi connectivity index (χ0) is 42.5. The van der Waals surface area contributed by atoms with Gasteiger partial charge in [0.25, 0.3) is 0 Å². The summed E-state index contributed by atoms with van der Waals surface area (Å²) < 4.78 is 28.8. The van der Waals surface area contributed by atoms with Crippen LogP contribution in [0, 0.1) is 5.92 Å². The van der Waals surface area contributed by atoms with Crippen LogP contribution >= 0.6 is 0 Å². The van der Waals surface area contributed by atoms with E-state index < -0.39 is 5.92 Å². The predicted molar refractivity (Wildman–Crippen MR) is 243 cm³/mol. The highest BCUT2D eigenvalue weighted by molar-refractivity contribution is 5.98. The lowest BCUT2D eigenvalue weighted by molar-refractivity contribution is -0.145. The monoisotopic (exact) mass is 820 g/mol. The number of aromatic amines is 2. The van der Waals surface area contributed by atoms with Crippen LogP contribution in [0.25, 0.3) is 78.7 Å². The van der Waals surface area contributed by atoms with E-state index in [2.05, 4.69) is 70.7 Å². The number of carbonyl (C=O) groups is 1. The van der Waals surface area contributed by atoms with Crippen molar-refractivity contribution in [1.29, 1.82) is 0 Å². The van der Waals surface area contributed by atoms with Gasteiger partial charge in [-0.05, 0) is 114 Å². The molecule has 1 aliphatic carbocycles. The topological polar surface area (TPSA) is 121 Å². The molecule has 308 valence electrons. The van der Waals surface area contributed by atoms with Gasteiger partial charge in [-0.3, -0.25) is 9.78 Å². The molecule has 0 amide bonds.